The van der Waals surface area contributed by atoms with Crippen molar-refractivity contribution in [2.24, 2.45) is 0 Å². The smallest absolute Gasteiger partial charge is 0.292 e. The van der Waals surface area contributed by atoms with E-state index in [2.05, 4.69) is 36.4 Å². The fourth-order valence-corrected chi connectivity index (χ4v) is 1.88. The van der Waals surface area contributed by atoms with Gasteiger partial charge in [0.05, 0.1) is 0 Å². The first-order valence-corrected chi connectivity index (χ1v) is 7.00. The zero-order valence-corrected chi connectivity index (χ0v) is 12.9. The summed E-state index contributed by atoms with van der Waals surface area (Å²) in [6.07, 6.45) is 1.56. The SMILES string of the molecule is CC(C)(C)c1ccc(C(=O)NC(=O)Nc2ccccn2)cc1. The highest BCUT2D eigenvalue weighted by Crippen LogP contribution is 2.22. The summed E-state index contributed by atoms with van der Waals surface area (Å²) in [6.45, 7) is 6.30. The van der Waals surface area contributed by atoms with Crippen LogP contribution in [0.25, 0.3) is 0 Å². The summed E-state index contributed by atoms with van der Waals surface area (Å²) >= 11 is 0. The molecule has 0 radical (unpaired) electrons. The number of hydrogen-bond donors (Lipinski definition) is 2. The van der Waals surface area contributed by atoms with Crippen LogP contribution in [0.15, 0.2) is 48.7 Å². The summed E-state index contributed by atoms with van der Waals surface area (Å²) in [4.78, 5) is 27.7. The van der Waals surface area contributed by atoms with Crippen LogP contribution in [0.4, 0.5) is 10.6 Å². The van der Waals surface area contributed by atoms with Gasteiger partial charge in [0.2, 0.25) is 0 Å². The van der Waals surface area contributed by atoms with Gasteiger partial charge in [0.15, 0.2) is 0 Å². The van der Waals surface area contributed by atoms with Gasteiger partial charge < -0.3 is 0 Å². The number of rotatable bonds is 2. The van der Waals surface area contributed by atoms with Crippen molar-refractivity contribution >= 4 is 17.8 Å². The van der Waals surface area contributed by atoms with Crippen LogP contribution >= 0.6 is 0 Å². The number of amides is 3. The minimum absolute atomic E-state index is 0.0192. The highest BCUT2D eigenvalue weighted by molar-refractivity contribution is 6.07. The van der Waals surface area contributed by atoms with E-state index in [9.17, 15) is 9.59 Å². The van der Waals surface area contributed by atoms with Crippen LogP contribution in [0.3, 0.4) is 0 Å². The Bertz CT molecular complexity index is 659. The van der Waals surface area contributed by atoms with Gasteiger partial charge in [0.25, 0.3) is 5.91 Å². The number of anilines is 1. The summed E-state index contributed by atoms with van der Waals surface area (Å²) in [6, 6.07) is 11.7. The van der Waals surface area contributed by atoms with E-state index >= 15 is 0 Å². The Morgan fingerprint density at radius 2 is 1.68 bits per heavy atom. The van der Waals surface area contributed by atoms with Gasteiger partial charge in [-0.2, -0.15) is 0 Å². The van der Waals surface area contributed by atoms with Crippen LogP contribution in [0.2, 0.25) is 0 Å². The lowest BCUT2D eigenvalue weighted by atomic mass is 9.87. The first-order chi connectivity index (χ1) is 10.4. The lowest BCUT2D eigenvalue weighted by Gasteiger charge is -2.19. The van der Waals surface area contributed by atoms with Crippen molar-refractivity contribution in [2.75, 3.05) is 5.32 Å². The van der Waals surface area contributed by atoms with Crippen LogP contribution < -0.4 is 10.6 Å². The molecule has 0 aliphatic carbocycles. The normalized spacial score (nSPS) is 10.9. The van der Waals surface area contributed by atoms with Crippen molar-refractivity contribution in [1.29, 1.82) is 0 Å². The molecule has 2 aromatic rings. The Morgan fingerprint density at radius 1 is 1.00 bits per heavy atom. The number of carbonyl (C=O) groups excluding carboxylic acids is 2. The number of nitrogens with zero attached hydrogens (tertiary/aromatic N) is 1. The minimum Gasteiger partial charge on any atom is -0.292 e. The number of urea groups is 1. The van der Waals surface area contributed by atoms with E-state index in [1.807, 2.05) is 12.1 Å². The Hall–Kier alpha value is -2.69. The van der Waals surface area contributed by atoms with E-state index in [0.29, 0.717) is 11.4 Å². The summed E-state index contributed by atoms with van der Waals surface area (Å²) in [5.74, 6) is -0.0650. The second-order valence-electron chi connectivity index (χ2n) is 5.95. The molecule has 0 aliphatic heterocycles. The van der Waals surface area contributed by atoms with Crippen molar-refractivity contribution in [3.05, 3.63) is 59.8 Å². The standard InChI is InChI=1S/C17H19N3O2/c1-17(2,3)13-9-7-12(8-10-13)15(21)20-16(22)19-14-6-4-5-11-18-14/h4-11H,1-3H3,(H2,18,19,20,21,22). The summed E-state index contributed by atoms with van der Waals surface area (Å²) < 4.78 is 0. The second-order valence-corrected chi connectivity index (χ2v) is 5.95. The number of aromatic nitrogens is 1. The van der Waals surface area contributed by atoms with Gasteiger partial charge in [0, 0.05) is 11.8 Å². The summed E-state index contributed by atoms with van der Waals surface area (Å²) in [5.41, 5.74) is 1.58. The van der Waals surface area contributed by atoms with Crippen LogP contribution in [0.5, 0.6) is 0 Å². The fourth-order valence-electron chi connectivity index (χ4n) is 1.88. The third kappa shape index (κ3) is 4.15. The molecule has 0 unspecified atom stereocenters. The molecule has 1 aromatic heterocycles. The Balaban J connectivity index is 1.98. The number of hydrogen-bond acceptors (Lipinski definition) is 3. The Morgan fingerprint density at radius 3 is 2.23 bits per heavy atom. The van der Waals surface area contributed by atoms with E-state index in [1.54, 1.807) is 36.5 Å². The molecule has 2 N–H and O–H groups in total. The minimum atomic E-state index is -0.608. The summed E-state index contributed by atoms with van der Waals surface area (Å²) in [5, 5.41) is 4.77. The summed E-state index contributed by atoms with van der Waals surface area (Å²) in [7, 11) is 0. The molecule has 0 spiro atoms. The number of pyridine rings is 1. The van der Waals surface area contributed by atoms with E-state index in [4.69, 9.17) is 0 Å². The molecule has 0 aliphatic rings. The molecule has 1 heterocycles. The zero-order chi connectivity index (χ0) is 16.2. The van der Waals surface area contributed by atoms with Gasteiger partial charge in [-0.05, 0) is 35.2 Å². The molecule has 0 saturated heterocycles. The lowest BCUT2D eigenvalue weighted by Crippen LogP contribution is -2.34. The first kappa shape index (κ1) is 15.7. The molecule has 0 atom stereocenters. The molecule has 1 aromatic carbocycles. The largest absolute Gasteiger partial charge is 0.327 e. The van der Waals surface area contributed by atoms with Crippen LogP contribution in [-0.4, -0.2) is 16.9 Å². The topological polar surface area (TPSA) is 71.1 Å². The molecule has 2 rings (SSSR count). The Kier molecular flexibility index (Phi) is 4.56. The number of carbonyl (C=O) groups is 2. The average molecular weight is 297 g/mol. The van der Waals surface area contributed by atoms with Crippen molar-refractivity contribution in [3.63, 3.8) is 0 Å². The predicted molar refractivity (Wildman–Crippen MR) is 85.9 cm³/mol. The molecule has 114 valence electrons. The van der Waals surface area contributed by atoms with Crippen molar-refractivity contribution in [1.82, 2.24) is 10.3 Å². The maximum atomic E-state index is 12.0. The predicted octanol–water partition coefficient (Wildman–Crippen LogP) is 3.34. The molecule has 0 saturated carbocycles. The van der Waals surface area contributed by atoms with Gasteiger partial charge in [-0.1, -0.05) is 39.0 Å². The quantitative estimate of drug-likeness (QED) is 0.893. The molecule has 0 bridgehead atoms. The number of imide groups is 1. The average Bonchev–Trinajstić information content (AvgIpc) is 2.47. The fraction of sp³-hybridized carbons (Fsp3) is 0.235. The molecule has 0 fully saturated rings. The maximum Gasteiger partial charge on any atom is 0.327 e. The van der Waals surface area contributed by atoms with Crippen molar-refractivity contribution in [3.8, 4) is 0 Å². The van der Waals surface area contributed by atoms with Crippen LogP contribution in [0, 0.1) is 0 Å². The van der Waals surface area contributed by atoms with Gasteiger partial charge in [-0.15, -0.1) is 0 Å². The van der Waals surface area contributed by atoms with Gasteiger partial charge in [-0.3, -0.25) is 15.4 Å². The molecule has 5 nitrogen and oxygen atoms in total. The molecule has 5 heteroatoms. The van der Waals surface area contributed by atoms with Gasteiger partial charge >= 0.3 is 6.03 Å². The molecule has 3 amide bonds. The van der Waals surface area contributed by atoms with Crippen molar-refractivity contribution < 1.29 is 9.59 Å². The lowest BCUT2D eigenvalue weighted by molar-refractivity contribution is 0.0967. The molecular weight excluding hydrogens is 278 g/mol. The third-order valence-corrected chi connectivity index (χ3v) is 3.15. The van der Waals surface area contributed by atoms with Crippen LogP contribution in [0.1, 0.15) is 36.7 Å². The highest BCUT2D eigenvalue weighted by Gasteiger charge is 2.15. The third-order valence-electron chi connectivity index (χ3n) is 3.15. The van der Waals surface area contributed by atoms with Gasteiger partial charge in [-0.25, -0.2) is 9.78 Å². The second kappa shape index (κ2) is 6.39. The molecule has 22 heavy (non-hydrogen) atoms. The number of benzene rings is 1. The number of nitrogens with one attached hydrogen (secondary N) is 2. The van der Waals surface area contributed by atoms with E-state index in [1.165, 1.54) is 0 Å². The Labute approximate surface area is 129 Å². The zero-order valence-electron chi connectivity index (χ0n) is 12.9. The molecular formula is C17H19N3O2. The maximum absolute atomic E-state index is 12.0. The first-order valence-electron chi connectivity index (χ1n) is 7.00. The van der Waals surface area contributed by atoms with E-state index in [0.717, 1.165) is 5.56 Å². The van der Waals surface area contributed by atoms with E-state index < -0.39 is 11.9 Å². The van der Waals surface area contributed by atoms with E-state index in [-0.39, 0.29) is 5.41 Å². The van der Waals surface area contributed by atoms with Gasteiger partial charge in [0.1, 0.15) is 5.82 Å². The van der Waals surface area contributed by atoms with Crippen LogP contribution in [-0.2, 0) is 5.41 Å². The highest BCUT2D eigenvalue weighted by atomic mass is 16.2. The van der Waals surface area contributed by atoms with Crippen molar-refractivity contribution in [2.45, 2.75) is 26.2 Å². The monoisotopic (exact) mass is 297 g/mol.